The van der Waals surface area contributed by atoms with Gasteiger partial charge >= 0.3 is 0 Å². The maximum Gasteiger partial charge on any atom is 0.266 e. The summed E-state index contributed by atoms with van der Waals surface area (Å²) in [5.74, 6) is -0.275. The number of thiocarbonyl (C=S) groups is 1. The molecule has 1 aliphatic heterocycles. The molecule has 0 saturated carbocycles. The van der Waals surface area contributed by atoms with Crippen molar-refractivity contribution in [2.75, 3.05) is 6.54 Å². The summed E-state index contributed by atoms with van der Waals surface area (Å²) >= 11 is 8.07. The lowest BCUT2D eigenvalue weighted by molar-refractivity contribution is -0.132. The molecule has 2 heterocycles. The number of carbonyl (C=O) groups excluding carboxylic acids is 2. The molecule has 1 aromatic carbocycles. The summed E-state index contributed by atoms with van der Waals surface area (Å²) in [6.45, 7) is 2.11. The van der Waals surface area contributed by atoms with Gasteiger partial charge in [0.25, 0.3) is 5.91 Å². The van der Waals surface area contributed by atoms with E-state index in [1.807, 2.05) is 29.6 Å². The highest BCUT2D eigenvalue weighted by molar-refractivity contribution is 8.26. The Kier molecular flexibility index (Phi) is 6.30. The molecule has 1 atom stereocenters. The van der Waals surface area contributed by atoms with Crippen LogP contribution in [0.1, 0.15) is 17.4 Å². The van der Waals surface area contributed by atoms with Gasteiger partial charge in [-0.05, 0) is 48.6 Å². The van der Waals surface area contributed by atoms with Crippen molar-refractivity contribution in [1.29, 1.82) is 0 Å². The van der Waals surface area contributed by atoms with Gasteiger partial charge in [0.05, 0.1) is 4.91 Å². The minimum absolute atomic E-state index is 0.210. The molecule has 0 spiro atoms. The van der Waals surface area contributed by atoms with Crippen LogP contribution < -0.4 is 5.32 Å². The van der Waals surface area contributed by atoms with Crippen molar-refractivity contribution in [3.05, 3.63) is 57.1 Å². The number of rotatable bonds is 6. The Balaban J connectivity index is 1.58. The van der Waals surface area contributed by atoms with Crippen molar-refractivity contribution in [3.63, 3.8) is 0 Å². The summed E-state index contributed by atoms with van der Waals surface area (Å²) < 4.78 is 0.393. The molecule has 2 amide bonds. The predicted molar refractivity (Wildman–Crippen MR) is 114 cm³/mol. The molecule has 1 aliphatic rings. The number of aromatic hydroxyl groups is 1. The van der Waals surface area contributed by atoms with Crippen molar-refractivity contribution in [2.24, 2.45) is 0 Å². The van der Waals surface area contributed by atoms with Gasteiger partial charge in [-0.2, -0.15) is 0 Å². The normalized spacial score (nSPS) is 16.8. The van der Waals surface area contributed by atoms with E-state index >= 15 is 0 Å². The molecule has 2 aromatic rings. The zero-order valence-corrected chi connectivity index (χ0v) is 17.0. The lowest BCUT2D eigenvalue weighted by Crippen LogP contribution is -2.47. The Labute approximate surface area is 171 Å². The summed E-state index contributed by atoms with van der Waals surface area (Å²) in [4.78, 5) is 28.0. The smallest absolute Gasteiger partial charge is 0.266 e. The Hall–Kier alpha value is -2.16. The van der Waals surface area contributed by atoms with Crippen LogP contribution in [0.2, 0.25) is 0 Å². The third-order valence-corrected chi connectivity index (χ3v) is 6.21. The van der Waals surface area contributed by atoms with E-state index in [1.54, 1.807) is 36.5 Å². The first-order chi connectivity index (χ1) is 13.0. The van der Waals surface area contributed by atoms with E-state index in [1.165, 1.54) is 16.7 Å². The van der Waals surface area contributed by atoms with E-state index in [2.05, 4.69) is 5.32 Å². The lowest BCUT2D eigenvalue weighted by Gasteiger charge is -2.22. The number of benzene rings is 1. The van der Waals surface area contributed by atoms with E-state index in [-0.39, 0.29) is 17.6 Å². The Morgan fingerprint density at radius 2 is 2.07 bits per heavy atom. The molecular weight excluding hydrogens is 400 g/mol. The molecule has 1 fully saturated rings. The van der Waals surface area contributed by atoms with Crippen LogP contribution in [0.15, 0.2) is 46.7 Å². The quantitative estimate of drug-likeness (QED) is 0.556. The first-order valence-electron chi connectivity index (χ1n) is 8.32. The van der Waals surface area contributed by atoms with Crippen molar-refractivity contribution >= 4 is 57.5 Å². The summed E-state index contributed by atoms with van der Waals surface area (Å²) in [6.07, 6.45) is 2.44. The third-order valence-electron chi connectivity index (χ3n) is 4.06. The fraction of sp³-hybridized carbons (Fsp3) is 0.211. The Morgan fingerprint density at radius 1 is 1.33 bits per heavy atom. The van der Waals surface area contributed by atoms with Gasteiger partial charge < -0.3 is 10.4 Å². The first-order valence-corrected chi connectivity index (χ1v) is 10.4. The maximum atomic E-state index is 12.7. The zero-order chi connectivity index (χ0) is 19.4. The van der Waals surface area contributed by atoms with E-state index in [4.69, 9.17) is 12.2 Å². The number of hydrogen-bond donors (Lipinski definition) is 2. The molecule has 5 nitrogen and oxygen atoms in total. The molecule has 140 valence electrons. The van der Waals surface area contributed by atoms with Crippen LogP contribution in [0.4, 0.5) is 0 Å². The highest BCUT2D eigenvalue weighted by Gasteiger charge is 2.38. The minimum atomic E-state index is -0.674. The van der Waals surface area contributed by atoms with E-state index in [9.17, 15) is 14.7 Å². The average Bonchev–Trinajstić information content (AvgIpc) is 3.24. The lowest BCUT2D eigenvalue weighted by atomic mass is 10.1. The summed E-state index contributed by atoms with van der Waals surface area (Å²) in [7, 11) is 0. The van der Waals surface area contributed by atoms with Gasteiger partial charge in [0.2, 0.25) is 5.91 Å². The molecule has 8 heteroatoms. The van der Waals surface area contributed by atoms with Gasteiger partial charge in [-0.25, -0.2) is 0 Å². The standard InChI is InChI=1S/C19H18N2O3S3/c1-12(17(23)20-9-8-13-4-6-14(22)7-5-13)21-18(24)16(27-19(21)25)11-15-3-2-10-26-15/h2-7,10-12,22H,8-9H2,1H3,(H,20,23)/b16-11+. The molecule has 27 heavy (non-hydrogen) atoms. The molecule has 1 saturated heterocycles. The highest BCUT2D eigenvalue weighted by atomic mass is 32.2. The monoisotopic (exact) mass is 418 g/mol. The molecule has 1 aromatic heterocycles. The number of hydrogen-bond acceptors (Lipinski definition) is 6. The van der Waals surface area contributed by atoms with E-state index in [0.717, 1.165) is 10.4 Å². The first kappa shape index (κ1) is 19.6. The number of phenols is 1. The fourth-order valence-electron chi connectivity index (χ4n) is 2.57. The Morgan fingerprint density at radius 3 is 2.74 bits per heavy atom. The number of nitrogens with zero attached hydrogens (tertiary/aromatic N) is 1. The summed E-state index contributed by atoms with van der Waals surface area (Å²) in [5.41, 5.74) is 1.00. The summed E-state index contributed by atoms with van der Waals surface area (Å²) in [5, 5.41) is 14.1. The van der Waals surface area contributed by atoms with Crippen LogP contribution in [0.5, 0.6) is 5.75 Å². The SMILES string of the molecule is CC(C(=O)NCCc1ccc(O)cc1)N1C(=O)/C(=C\c2cccs2)SC1=S. The molecule has 0 bridgehead atoms. The van der Waals surface area contributed by atoms with Crippen LogP contribution in [0.3, 0.4) is 0 Å². The number of amides is 2. The molecule has 3 rings (SSSR count). The predicted octanol–water partition coefficient (Wildman–Crippen LogP) is 3.40. The van der Waals surface area contributed by atoms with Gasteiger partial charge in [0.15, 0.2) is 0 Å². The van der Waals surface area contributed by atoms with Crippen molar-refractivity contribution in [2.45, 2.75) is 19.4 Å². The van der Waals surface area contributed by atoms with Gasteiger partial charge in [0, 0.05) is 11.4 Å². The molecule has 0 radical (unpaired) electrons. The molecular formula is C19H18N2O3S3. The molecule has 2 N–H and O–H groups in total. The summed E-state index contributed by atoms with van der Waals surface area (Å²) in [6, 6.07) is 10.0. The number of carbonyl (C=O) groups is 2. The van der Waals surface area contributed by atoms with Crippen molar-refractivity contribution in [3.8, 4) is 5.75 Å². The second-order valence-electron chi connectivity index (χ2n) is 5.95. The van der Waals surface area contributed by atoms with Crippen LogP contribution >= 0.6 is 35.3 Å². The largest absolute Gasteiger partial charge is 0.508 e. The van der Waals surface area contributed by atoms with E-state index < -0.39 is 6.04 Å². The number of nitrogens with one attached hydrogen (secondary N) is 1. The van der Waals surface area contributed by atoms with Gasteiger partial charge in [-0.15, -0.1) is 11.3 Å². The maximum absolute atomic E-state index is 12.7. The Bertz CT molecular complexity index is 876. The average molecular weight is 419 g/mol. The van der Waals surface area contributed by atoms with Crippen LogP contribution in [0, 0.1) is 0 Å². The zero-order valence-electron chi connectivity index (χ0n) is 14.5. The molecule has 1 unspecified atom stereocenters. The number of thiophene rings is 1. The van der Waals surface area contributed by atoms with Crippen molar-refractivity contribution in [1.82, 2.24) is 10.2 Å². The topological polar surface area (TPSA) is 69.6 Å². The van der Waals surface area contributed by atoms with Gasteiger partial charge in [-0.3, -0.25) is 14.5 Å². The molecule has 0 aliphatic carbocycles. The number of thioether (sulfide) groups is 1. The number of phenolic OH excluding ortho intramolecular Hbond substituents is 1. The van der Waals surface area contributed by atoms with Gasteiger partial charge in [-0.1, -0.05) is 42.2 Å². The van der Waals surface area contributed by atoms with Crippen LogP contribution in [0.25, 0.3) is 6.08 Å². The second kappa shape index (κ2) is 8.69. The van der Waals surface area contributed by atoms with Crippen molar-refractivity contribution < 1.29 is 14.7 Å². The third kappa shape index (κ3) is 4.77. The van der Waals surface area contributed by atoms with Crippen LogP contribution in [-0.4, -0.2) is 38.7 Å². The minimum Gasteiger partial charge on any atom is -0.508 e. The van der Waals surface area contributed by atoms with E-state index in [0.29, 0.717) is 22.2 Å². The highest BCUT2D eigenvalue weighted by Crippen LogP contribution is 2.34. The van der Waals surface area contributed by atoms with Crippen LogP contribution in [-0.2, 0) is 16.0 Å². The second-order valence-corrected chi connectivity index (χ2v) is 8.61. The fourth-order valence-corrected chi connectivity index (χ4v) is 4.72. The van der Waals surface area contributed by atoms with Gasteiger partial charge in [0.1, 0.15) is 16.1 Å².